The van der Waals surface area contributed by atoms with E-state index in [9.17, 15) is 0 Å². The van der Waals surface area contributed by atoms with Gasteiger partial charge in [0, 0.05) is 0 Å². The Morgan fingerprint density at radius 3 is 2.65 bits per heavy atom. The minimum Gasteiger partial charge on any atom is -0.437 e. The van der Waals surface area contributed by atoms with Crippen molar-refractivity contribution in [1.29, 1.82) is 0 Å². The van der Waals surface area contributed by atoms with E-state index < -0.39 is 0 Å². The Bertz CT molecular complexity index is 485. The summed E-state index contributed by atoms with van der Waals surface area (Å²) < 4.78 is 5.68. The molecule has 3 nitrogen and oxygen atoms in total. The van der Waals surface area contributed by atoms with Gasteiger partial charge in [-0.2, -0.15) is 0 Å². The number of rotatable bonds is 4. The van der Waals surface area contributed by atoms with Crippen LogP contribution in [0, 0.1) is 0 Å². The van der Waals surface area contributed by atoms with Crippen LogP contribution in [0.5, 0.6) is 11.6 Å². The van der Waals surface area contributed by atoms with Crippen LogP contribution in [0.25, 0.3) is 0 Å². The highest BCUT2D eigenvalue weighted by molar-refractivity contribution is 6.16. The second kappa shape index (κ2) is 5.64. The number of halogens is 1. The summed E-state index contributed by atoms with van der Waals surface area (Å²) >= 11 is 5.64. The number of hydrogen-bond donors (Lipinski definition) is 0. The minimum atomic E-state index is 0.360. The van der Waals surface area contributed by atoms with Gasteiger partial charge in [-0.15, -0.1) is 11.6 Å². The summed E-state index contributed by atoms with van der Waals surface area (Å²) in [6.07, 6.45) is 4.13. The Morgan fingerprint density at radius 2 is 2.00 bits per heavy atom. The van der Waals surface area contributed by atoms with Crippen molar-refractivity contribution in [2.24, 2.45) is 0 Å². The van der Waals surface area contributed by atoms with E-state index in [4.69, 9.17) is 16.3 Å². The average molecular weight is 249 g/mol. The second-order valence-electron chi connectivity index (χ2n) is 3.54. The van der Waals surface area contributed by atoms with Crippen LogP contribution in [0.2, 0.25) is 0 Å². The van der Waals surface area contributed by atoms with E-state index in [1.807, 2.05) is 24.3 Å². The van der Waals surface area contributed by atoms with Crippen LogP contribution in [-0.4, -0.2) is 9.97 Å². The largest absolute Gasteiger partial charge is 0.437 e. The number of para-hydroxylation sites is 1. The molecule has 0 bridgehead atoms. The predicted octanol–water partition coefficient (Wildman–Crippen LogP) is 3.57. The van der Waals surface area contributed by atoms with Crippen LogP contribution in [0.4, 0.5) is 0 Å². The Kier molecular flexibility index (Phi) is 3.94. The molecule has 1 aromatic heterocycles. The molecule has 17 heavy (non-hydrogen) atoms. The first-order chi connectivity index (χ1) is 8.33. The van der Waals surface area contributed by atoms with E-state index >= 15 is 0 Å². The maximum atomic E-state index is 5.68. The molecule has 0 amide bonds. The molecule has 0 saturated carbocycles. The monoisotopic (exact) mass is 248 g/mol. The van der Waals surface area contributed by atoms with Gasteiger partial charge in [0.15, 0.2) is 0 Å². The molecule has 0 N–H and O–H groups in total. The molecule has 2 rings (SSSR count). The normalized spacial score (nSPS) is 10.2. The second-order valence-corrected chi connectivity index (χ2v) is 3.81. The van der Waals surface area contributed by atoms with E-state index in [1.165, 1.54) is 0 Å². The lowest BCUT2D eigenvalue weighted by Gasteiger charge is -2.08. The average Bonchev–Trinajstić information content (AvgIpc) is 2.40. The zero-order chi connectivity index (χ0) is 12.1. The van der Waals surface area contributed by atoms with E-state index in [-0.39, 0.29) is 0 Å². The van der Waals surface area contributed by atoms with Gasteiger partial charge < -0.3 is 4.74 Å². The number of aryl methyl sites for hydroxylation is 1. The molecule has 1 heterocycles. The molecule has 0 aliphatic heterocycles. The number of nitrogens with zero attached hydrogens (tertiary/aromatic N) is 2. The highest BCUT2D eigenvalue weighted by Crippen LogP contribution is 2.23. The summed E-state index contributed by atoms with van der Waals surface area (Å²) in [5.74, 6) is 1.67. The minimum absolute atomic E-state index is 0.360. The molecule has 1 aromatic carbocycles. The molecule has 4 heteroatoms. The topological polar surface area (TPSA) is 35.0 Å². The van der Waals surface area contributed by atoms with Crippen LogP contribution in [0.3, 0.4) is 0 Å². The van der Waals surface area contributed by atoms with Crippen molar-refractivity contribution in [2.75, 3.05) is 0 Å². The van der Waals surface area contributed by atoms with Crippen molar-refractivity contribution < 1.29 is 4.74 Å². The molecule has 0 atom stereocenters. The van der Waals surface area contributed by atoms with Crippen molar-refractivity contribution in [3.8, 4) is 11.6 Å². The first kappa shape index (κ1) is 11.9. The molecular formula is C13H13ClN2O. The Labute approximate surface area is 105 Å². The van der Waals surface area contributed by atoms with E-state index in [0.717, 1.165) is 23.4 Å². The van der Waals surface area contributed by atoms with Gasteiger partial charge in [-0.3, -0.25) is 4.98 Å². The van der Waals surface area contributed by atoms with Gasteiger partial charge in [-0.1, -0.05) is 25.1 Å². The molecule has 0 radical (unpaired) electrons. The number of hydrogen-bond acceptors (Lipinski definition) is 3. The third-order valence-corrected chi connectivity index (χ3v) is 2.66. The summed E-state index contributed by atoms with van der Waals surface area (Å²) in [5.41, 5.74) is 1.89. The SMILES string of the molecule is CCc1ccccc1Oc1cnc(CCl)cn1. The van der Waals surface area contributed by atoms with Crippen LogP contribution < -0.4 is 4.74 Å². The Hall–Kier alpha value is -1.61. The molecular weight excluding hydrogens is 236 g/mol. The van der Waals surface area contributed by atoms with Crippen LogP contribution in [-0.2, 0) is 12.3 Å². The third kappa shape index (κ3) is 2.94. The van der Waals surface area contributed by atoms with Crippen molar-refractivity contribution >= 4 is 11.6 Å². The quantitative estimate of drug-likeness (QED) is 0.776. The maximum Gasteiger partial charge on any atom is 0.237 e. The zero-order valence-corrected chi connectivity index (χ0v) is 10.3. The summed E-state index contributed by atoms with van der Waals surface area (Å²) in [5, 5.41) is 0. The zero-order valence-electron chi connectivity index (χ0n) is 9.56. The first-order valence-corrected chi connectivity index (χ1v) is 5.99. The fourth-order valence-electron chi connectivity index (χ4n) is 1.47. The van der Waals surface area contributed by atoms with Gasteiger partial charge in [-0.25, -0.2) is 4.98 Å². The molecule has 2 aromatic rings. The molecule has 0 fully saturated rings. The number of benzene rings is 1. The molecule has 0 saturated heterocycles. The fraction of sp³-hybridized carbons (Fsp3) is 0.231. The molecule has 0 aliphatic carbocycles. The number of alkyl halides is 1. The van der Waals surface area contributed by atoms with Gasteiger partial charge in [-0.05, 0) is 18.1 Å². The van der Waals surface area contributed by atoms with Gasteiger partial charge in [0.2, 0.25) is 5.88 Å². The Morgan fingerprint density at radius 1 is 1.18 bits per heavy atom. The summed E-state index contributed by atoms with van der Waals surface area (Å²) in [6.45, 7) is 2.09. The van der Waals surface area contributed by atoms with Crippen molar-refractivity contribution in [1.82, 2.24) is 9.97 Å². The van der Waals surface area contributed by atoms with Gasteiger partial charge in [0.05, 0.1) is 24.0 Å². The summed E-state index contributed by atoms with van der Waals surface area (Å²) in [7, 11) is 0. The van der Waals surface area contributed by atoms with Gasteiger partial charge >= 0.3 is 0 Å². The molecule has 0 spiro atoms. The highest BCUT2D eigenvalue weighted by atomic mass is 35.5. The van der Waals surface area contributed by atoms with Crippen LogP contribution >= 0.6 is 11.6 Å². The highest BCUT2D eigenvalue weighted by Gasteiger charge is 2.03. The fourth-order valence-corrected chi connectivity index (χ4v) is 1.61. The molecule has 0 unspecified atom stereocenters. The van der Waals surface area contributed by atoms with Crippen molar-refractivity contribution in [3.63, 3.8) is 0 Å². The predicted molar refractivity (Wildman–Crippen MR) is 67.5 cm³/mol. The van der Waals surface area contributed by atoms with Gasteiger partial charge in [0.25, 0.3) is 0 Å². The van der Waals surface area contributed by atoms with E-state index in [0.29, 0.717) is 11.8 Å². The number of aromatic nitrogens is 2. The lowest BCUT2D eigenvalue weighted by molar-refractivity contribution is 0.454. The van der Waals surface area contributed by atoms with E-state index in [1.54, 1.807) is 12.4 Å². The first-order valence-electron chi connectivity index (χ1n) is 5.46. The van der Waals surface area contributed by atoms with Crippen molar-refractivity contribution in [3.05, 3.63) is 47.9 Å². The van der Waals surface area contributed by atoms with Crippen LogP contribution in [0.1, 0.15) is 18.2 Å². The lowest BCUT2D eigenvalue weighted by atomic mass is 10.1. The van der Waals surface area contributed by atoms with Crippen molar-refractivity contribution in [2.45, 2.75) is 19.2 Å². The number of ether oxygens (including phenoxy) is 1. The molecule has 88 valence electrons. The smallest absolute Gasteiger partial charge is 0.237 e. The summed E-state index contributed by atoms with van der Waals surface area (Å²) in [4.78, 5) is 8.28. The standard InChI is InChI=1S/C13H13ClN2O/c1-2-10-5-3-4-6-12(10)17-13-9-15-11(7-14)8-16-13/h3-6,8-9H,2,7H2,1H3. The maximum absolute atomic E-state index is 5.68. The summed E-state index contributed by atoms with van der Waals surface area (Å²) in [6, 6.07) is 7.90. The Balaban J connectivity index is 2.19. The van der Waals surface area contributed by atoms with Crippen LogP contribution in [0.15, 0.2) is 36.7 Å². The third-order valence-electron chi connectivity index (χ3n) is 2.39. The van der Waals surface area contributed by atoms with Gasteiger partial charge in [0.1, 0.15) is 5.75 Å². The van der Waals surface area contributed by atoms with E-state index in [2.05, 4.69) is 16.9 Å². The molecule has 0 aliphatic rings. The lowest BCUT2D eigenvalue weighted by Crippen LogP contribution is -1.94.